The normalized spacial score (nSPS) is 25.7. The Kier molecular flexibility index (Phi) is 2.76. The molecule has 112 valence electrons. The third-order valence-corrected chi connectivity index (χ3v) is 4.39. The van der Waals surface area contributed by atoms with Gasteiger partial charge in [0.15, 0.2) is 11.5 Å². The Morgan fingerprint density at radius 2 is 1.86 bits per heavy atom. The monoisotopic (exact) mass is 297 g/mol. The molecule has 2 atom stereocenters. The molecule has 0 amide bonds. The van der Waals surface area contributed by atoms with Crippen LogP contribution in [0.2, 0.25) is 0 Å². The SMILES string of the molecule is N#CC1=C(N)CC2Oc3cc4c(cc3CC2C1=N)OCCO4. The minimum absolute atomic E-state index is 0.142. The van der Waals surface area contributed by atoms with Gasteiger partial charge in [-0.3, -0.25) is 0 Å². The van der Waals surface area contributed by atoms with Crippen LogP contribution < -0.4 is 19.9 Å². The summed E-state index contributed by atoms with van der Waals surface area (Å²) in [7, 11) is 0. The first-order valence-electron chi connectivity index (χ1n) is 7.24. The van der Waals surface area contributed by atoms with E-state index in [0.29, 0.717) is 48.8 Å². The zero-order chi connectivity index (χ0) is 15.3. The Bertz CT molecular complexity index is 748. The third-order valence-electron chi connectivity index (χ3n) is 4.39. The van der Waals surface area contributed by atoms with E-state index in [1.54, 1.807) is 0 Å². The lowest BCUT2D eigenvalue weighted by molar-refractivity contribution is 0.135. The van der Waals surface area contributed by atoms with Crippen molar-refractivity contribution >= 4 is 5.71 Å². The fraction of sp³-hybridized carbons (Fsp3) is 0.375. The van der Waals surface area contributed by atoms with Crippen molar-refractivity contribution in [2.45, 2.75) is 18.9 Å². The van der Waals surface area contributed by atoms with Crippen molar-refractivity contribution in [2.24, 2.45) is 11.7 Å². The number of rotatable bonds is 0. The smallest absolute Gasteiger partial charge is 0.165 e. The summed E-state index contributed by atoms with van der Waals surface area (Å²) in [6, 6.07) is 5.81. The first kappa shape index (κ1) is 13.0. The van der Waals surface area contributed by atoms with Gasteiger partial charge in [-0.2, -0.15) is 5.26 Å². The Balaban J connectivity index is 1.72. The Morgan fingerprint density at radius 3 is 2.59 bits per heavy atom. The molecule has 1 aromatic rings. The van der Waals surface area contributed by atoms with Crippen LogP contribution in [0.3, 0.4) is 0 Å². The van der Waals surface area contributed by atoms with Crippen LogP contribution in [0.25, 0.3) is 0 Å². The quantitative estimate of drug-likeness (QED) is 0.756. The van der Waals surface area contributed by atoms with Gasteiger partial charge >= 0.3 is 0 Å². The molecule has 1 aromatic carbocycles. The molecule has 3 aliphatic rings. The molecular weight excluding hydrogens is 282 g/mol. The van der Waals surface area contributed by atoms with Crippen LogP contribution in [-0.2, 0) is 6.42 Å². The lowest BCUT2D eigenvalue weighted by Gasteiger charge is -2.37. The van der Waals surface area contributed by atoms with Gasteiger partial charge in [-0.25, -0.2) is 0 Å². The third kappa shape index (κ3) is 1.82. The summed E-state index contributed by atoms with van der Waals surface area (Å²) in [6.45, 7) is 1.07. The highest BCUT2D eigenvalue weighted by atomic mass is 16.6. The van der Waals surface area contributed by atoms with Gasteiger partial charge in [0.1, 0.15) is 31.1 Å². The zero-order valence-corrected chi connectivity index (χ0v) is 11.9. The average molecular weight is 297 g/mol. The highest BCUT2D eigenvalue weighted by Crippen LogP contribution is 2.43. The second-order valence-corrected chi connectivity index (χ2v) is 5.70. The van der Waals surface area contributed by atoms with Crippen LogP contribution in [-0.4, -0.2) is 25.0 Å². The summed E-state index contributed by atoms with van der Waals surface area (Å²) in [4.78, 5) is 0. The summed E-state index contributed by atoms with van der Waals surface area (Å²) >= 11 is 0. The summed E-state index contributed by atoms with van der Waals surface area (Å²) in [5.74, 6) is 2.02. The molecule has 6 heteroatoms. The molecule has 2 unspecified atom stereocenters. The standard InChI is InChI=1S/C16H15N3O3/c17-7-10-11(18)5-13-9(16(10)19)3-8-4-14-15(6-12(8)22-13)21-2-1-20-14/h4,6,9,13,19H,1-3,5,18H2. The number of hydrogen-bond acceptors (Lipinski definition) is 6. The lowest BCUT2D eigenvalue weighted by atomic mass is 9.78. The number of nitrogens with two attached hydrogens (primary N) is 1. The number of ether oxygens (including phenoxy) is 3. The summed E-state index contributed by atoms with van der Waals surface area (Å²) in [6.07, 6.45) is 0.928. The molecule has 0 spiro atoms. The number of benzene rings is 1. The fourth-order valence-corrected chi connectivity index (χ4v) is 3.28. The number of nitrogens with zero attached hydrogens (tertiary/aromatic N) is 1. The minimum Gasteiger partial charge on any atom is -0.489 e. The van der Waals surface area contributed by atoms with Gasteiger partial charge < -0.3 is 25.4 Å². The maximum Gasteiger partial charge on any atom is 0.165 e. The molecule has 2 aliphatic heterocycles. The Labute approximate surface area is 127 Å². The molecule has 0 saturated heterocycles. The van der Waals surface area contributed by atoms with E-state index in [0.717, 1.165) is 11.3 Å². The van der Waals surface area contributed by atoms with Gasteiger partial charge in [0.2, 0.25) is 0 Å². The van der Waals surface area contributed by atoms with Gasteiger partial charge in [-0.05, 0) is 18.1 Å². The van der Waals surface area contributed by atoms with Crippen molar-refractivity contribution in [3.8, 4) is 23.3 Å². The van der Waals surface area contributed by atoms with E-state index in [2.05, 4.69) is 0 Å². The molecule has 0 aromatic heterocycles. The van der Waals surface area contributed by atoms with E-state index in [4.69, 9.17) is 30.6 Å². The summed E-state index contributed by atoms with van der Waals surface area (Å²) < 4.78 is 17.2. The van der Waals surface area contributed by atoms with Crippen molar-refractivity contribution in [2.75, 3.05) is 13.2 Å². The van der Waals surface area contributed by atoms with Crippen LogP contribution in [0.15, 0.2) is 23.4 Å². The first-order valence-corrected chi connectivity index (χ1v) is 7.24. The van der Waals surface area contributed by atoms with Crippen LogP contribution in [0.5, 0.6) is 17.2 Å². The Morgan fingerprint density at radius 1 is 1.14 bits per heavy atom. The van der Waals surface area contributed by atoms with Gasteiger partial charge in [0.25, 0.3) is 0 Å². The molecule has 0 saturated carbocycles. The summed E-state index contributed by atoms with van der Waals surface area (Å²) in [5.41, 5.74) is 7.90. The van der Waals surface area contributed by atoms with E-state index >= 15 is 0 Å². The van der Waals surface area contributed by atoms with Crippen LogP contribution in [0, 0.1) is 22.7 Å². The van der Waals surface area contributed by atoms with Gasteiger partial charge in [0, 0.05) is 24.1 Å². The van der Waals surface area contributed by atoms with E-state index in [1.165, 1.54) is 0 Å². The predicted molar refractivity (Wildman–Crippen MR) is 78.2 cm³/mol. The molecule has 3 N–H and O–H groups in total. The molecule has 0 radical (unpaired) electrons. The number of hydrogen-bond donors (Lipinski definition) is 2. The second-order valence-electron chi connectivity index (χ2n) is 5.70. The molecule has 22 heavy (non-hydrogen) atoms. The lowest BCUT2D eigenvalue weighted by Crippen LogP contribution is -2.43. The molecule has 6 nitrogen and oxygen atoms in total. The average Bonchev–Trinajstić information content (AvgIpc) is 2.52. The van der Waals surface area contributed by atoms with Crippen molar-refractivity contribution in [3.05, 3.63) is 29.0 Å². The number of allylic oxidation sites excluding steroid dienone is 1. The van der Waals surface area contributed by atoms with Gasteiger partial charge in [0.05, 0.1) is 11.3 Å². The van der Waals surface area contributed by atoms with E-state index in [9.17, 15) is 0 Å². The van der Waals surface area contributed by atoms with Crippen LogP contribution >= 0.6 is 0 Å². The van der Waals surface area contributed by atoms with Crippen molar-refractivity contribution in [1.82, 2.24) is 0 Å². The van der Waals surface area contributed by atoms with Gasteiger partial charge in [-0.1, -0.05) is 0 Å². The van der Waals surface area contributed by atoms with E-state index in [-0.39, 0.29) is 17.7 Å². The second kappa shape index (κ2) is 4.67. The zero-order valence-electron chi connectivity index (χ0n) is 11.9. The van der Waals surface area contributed by atoms with E-state index < -0.39 is 0 Å². The predicted octanol–water partition coefficient (Wildman–Crippen LogP) is 1.54. The minimum atomic E-state index is -0.195. The Hall–Kier alpha value is -2.68. The van der Waals surface area contributed by atoms with Crippen LogP contribution in [0.1, 0.15) is 12.0 Å². The van der Waals surface area contributed by atoms with Crippen LogP contribution in [0.4, 0.5) is 0 Å². The maximum atomic E-state index is 9.17. The molecule has 2 heterocycles. The molecule has 0 fully saturated rings. The summed E-state index contributed by atoms with van der Waals surface area (Å²) in [5, 5.41) is 17.4. The molecule has 4 rings (SSSR count). The fourth-order valence-electron chi connectivity index (χ4n) is 3.28. The number of nitriles is 1. The van der Waals surface area contributed by atoms with E-state index in [1.807, 2.05) is 18.2 Å². The molecular formula is C16H15N3O3. The highest BCUT2D eigenvalue weighted by molar-refractivity contribution is 6.05. The van der Waals surface area contributed by atoms with Crippen molar-refractivity contribution in [1.29, 1.82) is 10.7 Å². The molecule has 1 aliphatic carbocycles. The number of fused-ring (bicyclic) bond motifs is 3. The maximum absolute atomic E-state index is 9.17. The van der Waals surface area contributed by atoms with Crippen molar-refractivity contribution < 1.29 is 14.2 Å². The number of nitrogens with one attached hydrogen (secondary N) is 1. The topological polar surface area (TPSA) is 101 Å². The van der Waals surface area contributed by atoms with Crippen molar-refractivity contribution in [3.63, 3.8) is 0 Å². The largest absolute Gasteiger partial charge is 0.489 e. The van der Waals surface area contributed by atoms with Gasteiger partial charge in [-0.15, -0.1) is 0 Å². The molecule has 0 bridgehead atoms. The first-order chi connectivity index (χ1) is 10.7. The highest BCUT2D eigenvalue weighted by Gasteiger charge is 2.39.